The lowest BCUT2D eigenvalue weighted by atomic mass is 10.1. The fraction of sp³-hybridized carbons (Fsp3) is 0.0385. The van der Waals surface area contributed by atoms with Crippen molar-refractivity contribution in [3.05, 3.63) is 107 Å². The molecule has 0 aliphatic rings. The summed E-state index contributed by atoms with van der Waals surface area (Å²) in [7, 11) is 0. The Balaban J connectivity index is 1.57. The molecule has 1 aromatic heterocycles. The molecule has 32 heavy (non-hydrogen) atoms. The van der Waals surface area contributed by atoms with E-state index in [1.807, 2.05) is 91.9 Å². The first-order chi connectivity index (χ1) is 15.6. The van der Waals surface area contributed by atoms with Crippen molar-refractivity contribution < 1.29 is 4.79 Å². The van der Waals surface area contributed by atoms with Gasteiger partial charge in [-0.2, -0.15) is 0 Å². The number of hydrogen-bond acceptors (Lipinski definition) is 3. The van der Waals surface area contributed by atoms with Crippen molar-refractivity contribution in [2.45, 2.75) is 6.92 Å². The molecule has 0 saturated carbocycles. The number of anilines is 1. The van der Waals surface area contributed by atoms with Gasteiger partial charge in [-0.05, 0) is 42.6 Å². The van der Waals surface area contributed by atoms with E-state index in [1.165, 1.54) is 0 Å². The number of amides is 1. The van der Waals surface area contributed by atoms with Crippen LogP contribution in [0.1, 0.15) is 16.2 Å². The quantitative estimate of drug-likeness (QED) is 0.358. The summed E-state index contributed by atoms with van der Waals surface area (Å²) in [5.74, 6) is 0.239. The second-order valence-corrected chi connectivity index (χ2v) is 7.93. The molecular formula is C26H19ClN4O. The van der Waals surface area contributed by atoms with Crippen LogP contribution >= 0.6 is 11.6 Å². The Morgan fingerprint density at radius 2 is 1.66 bits per heavy atom. The van der Waals surface area contributed by atoms with E-state index in [9.17, 15) is 4.79 Å². The van der Waals surface area contributed by atoms with Gasteiger partial charge in [-0.15, -0.1) is 5.10 Å². The number of aryl methyl sites for hydroxylation is 1. The number of nitrogens with one attached hydrogen (secondary N) is 1. The van der Waals surface area contributed by atoms with Crippen LogP contribution in [-0.4, -0.2) is 20.7 Å². The summed E-state index contributed by atoms with van der Waals surface area (Å²) in [5, 5.41) is 10.1. The molecule has 0 unspecified atom stereocenters. The van der Waals surface area contributed by atoms with Crippen molar-refractivity contribution in [3.8, 4) is 17.1 Å². The van der Waals surface area contributed by atoms with Gasteiger partial charge >= 0.3 is 0 Å². The van der Waals surface area contributed by atoms with E-state index >= 15 is 0 Å². The molecule has 5 aromatic rings. The Bertz CT molecular complexity index is 1430. The van der Waals surface area contributed by atoms with Crippen LogP contribution in [0, 0.1) is 6.92 Å². The molecule has 156 valence electrons. The maximum Gasteiger partial charge on any atom is 0.295 e. The number of carbonyl (C=O) groups is 1. The molecule has 4 aromatic carbocycles. The van der Waals surface area contributed by atoms with Crippen LogP contribution in [0.5, 0.6) is 0 Å². The number of carbonyl (C=O) groups excluding carboxylic acids is 1. The Hall–Kier alpha value is -3.96. The van der Waals surface area contributed by atoms with Gasteiger partial charge in [0.05, 0.1) is 5.69 Å². The van der Waals surface area contributed by atoms with Crippen LogP contribution in [0.2, 0.25) is 5.02 Å². The standard InChI is InChI=1S/C26H19ClN4O/c1-17-12-14-21(15-13-17)31-25(19-8-4-9-20(27)16-19)29-24(30-31)26(32)28-23-11-5-7-18-6-2-3-10-22(18)23/h2-16H,1H3,(H,28,32). The van der Waals surface area contributed by atoms with E-state index < -0.39 is 0 Å². The summed E-state index contributed by atoms with van der Waals surface area (Å²) in [5.41, 5.74) is 3.42. The van der Waals surface area contributed by atoms with Crippen molar-refractivity contribution in [1.82, 2.24) is 14.8 Å². The van der Waals surface area contributed by atoms with Crippen LogP contribution in [0.4, 0.5) is 5.69 Å². The van der Waals surface area contributed by atoms with E-state index in [-0.39, 0.29) is 11.7 Å². The lowest BCUT2D eigenvalue weighted by molar-refractivity contribution is 0.101. The van der Waals surface area contributed by atoms with Gasteiger partial charge in [0.2, 0.25) is 5.82 Å². The monoisotopic (exact) mass is 438 g/mol. The second kappa shape index (κ2) is 8.29. The van der Waals surface area contributed by atoms with Crippen molar-refractivity contribution in [2.24, 2.45) is 0 Å². The number of fused-ring (bicyclic) bond motifs is 1. The van der Waals surface area contributed by atoms with Crippen LogP contribution in [-0.2, 0) is 0 Å². The molecule has 0 saturated heterocycles. The summed E-state index contributed by atoms with van der Waals surface area (Å²) in [6.07, 6.45) is 0. The van der Waals surface area contributed by atoms with Gasteiger partial charge < -0.3 is 5.32 Å². The number of benzene rings is 4. The predicted molar refractivity (Wildman–Crippen MR) is 128 cm³/mol. The van der Waals surface area contributed by atoms with Crippen molar-refractivity contribution >= 4 is 34.0 Å². The minimum Gasteiger partial charge on any atom is -0.319 e. The topological polar surface area (TPSA) is 59.8 Å². The number of nitrogens with zero attached hydrogens (tertiary/aromatic N) is 3. The van der Waals surface area contributed by atoms with Gasteiger partial charge in [0.15, 0.2) is 5.82 Å². The van der Waals surface area contributed by atoms with E-state index in [0.29, 0.717) is 16.5 Å². The summed E-state index contributed by atoms with van der Waals surface area (Å²) in [6, 6.07) is 28.9. The molecule has 0 bridgehead atoms. The van der Waals surface area contributed by atoms with E-state index in [4.69, 9.17) is 11.6 Å². The van der Waals surface area contributed by atoms with E-state index in [1.54, 1.807) is 10.7 Å². The maximum absolute atomic E-state index is 13.1. The average Bonchev–Trinajstić information content (AvgIpc) is 3.26. The molecule has 0 aliphatic heterocycles. The maximum atomic E-state index is 13.1. The van der Waals surface area contributed by atoms with Crippen molar-refractivity contribution in [2.75, 3.05) is 5.32 Å². The normalized spacial score (nSPS) is 10.9. The number of halogens is 1. The van der Waals surface area contributed by atoms with Crippen molar-refractivity contribution in [1.29, 1.82) is 0 Å². The fourth-order valence-electron chi connectivity index (χ4n) is 3.60. The zero-order valence-corrected chi connectivity index (χ0v) is 18.0. The number of hydrogen-bond donors (Lipinski definition) is 1. The van der Waals surface area contributed by atoms with Crippen molar-refractivity contribution in [3.63, 3.8) is 0 Å². The molecule has 0 aliphatic carbocycles. The highest BCUT2D eigenvalue weighted by Crippen LogP contribution is 2.26. The highest BCUT2D eigenvalue weighted by molar-refractivity contribution is 6.30. The van der Waals surface area contributed by atoms with Gasteiger partial charge in [0.25, 0.3) is 5.91 Å². The second-order valence-electron chi connectivity index (χ2n) is 7.50. The number of rotatable bonds is 4. The highest BCUT2D eigenvalue weighted by Gasteiger charge is 2.19. The van der Waals surface area contributed by atoms with Crippen LogP contribution < -0.4 is 5.32 Å². The number of aromatic nitrogens is 3. The summed E-state index contributed by atoms with van der Waals surface area (Å²) in [4.78, 5) is 17.7. The molecule has 5 nitrogen and oxygen atoms in total. The zero-order valence-electron chi connectivity index (χ0n) is 17.3. The summed E-state index contributed by atoms with van der Waals surface area (Å²) < 4.78 is 1.67. The third-order valence-corrected chi connectivity index (χ3v) is 5.44. The molecule has 0 radical (unpaired) electrons. The molecule has 0 atom stereocenters. The van der Waals surface area contributed by atoms with E-state index in [2.05, 4.69) is 15.4 Å². The molecule has 6 heteroatoms. The average molecular weight is 439 g/mol. The summed E-state index contributed by atoms with van der Waals surface area (Å²) >= 11 is 6.21. The molecule has 0 spiro atoms. The largest absolute Gasteiger partial charge is 0.319 e. The molecule has 5 rings (SSSR count). The van der Waals surface area contributed by atoms with Gasteiger partial charge in [0, 0.05) is 21.7 Å². The van der Waals surface area contributed by atoms with E-state index in [0.717, 1.165) is 27.6 Å². The smallest absolute Gasteiger partial charge is 0.295 e. The first-order valence-electron chi connectivity index (χ1n) is 10.2. The Labute approximate surface area is 190 Å². The highest BCUT2D eigenvalue weighted by atomic mass is 35.5. The lowest BCUT2D eigenvalue weighted by Gasteiger charge is -2.07. The minimum absolute atomic E-state index is 0.0773. The Kier molecular flexibility index (Phi) is 5.17. The molecule has 1 amide bonds. The first-order valence-corrected chi connectivity index (χ1v) is 10.6. The molecular weight excluding hydrogens is 420 g/mol. The third-order valence-electron chi connectivity index (χ3n) is 5.21. The summed E-state index contributed by atoms with van der Waals surface area (Å²) in [6.45, 7) is 2.02. The predicted octanol–water partition coefficient (Wildman–Crippen LogP) is 6.30. The van der Waals surface area contributed by atoms with Crippen LogP contribution in [0.25, 0.3) is 27.8 Å². The van der Waals surface area contributed by atoms with Gasteiger partial charge in [0.1, 0.15) is 0 Å². The van der Waals surface area contributed by atoms with Gasteiger partial charge in [-0.1, -0.05) is 77.8 Å². The minimum atomic E-state index is -0.379. The third kappa shape index (κ3) is 3.86. The van der Waals surface area contributed by atoms with Gasteiger partial charge in [-0.25, -0.2) is 9.67 Å². The molecule has 1 heterocycles. The molecule has 0 fully saturated rings. The Morgan fingerprint density at radius 3 is 2.47 bits per heavy atom. The fourth-order valence-corrected chi connectivity index (χ4v) is 3.79. The van der Waals surface area contributed by atoms with Crippen LogP contribution in [0.15, 0.2) is 91.0 Å². The molecule has 1 N–H and O–H groups in total. The SMILES string of the molecule is Cc1ccc(-n2nc(C(=O)Nc3cccc4ccccc34)nc2-c2cccc(Cl)c2)cc1. The van der Waals surface area contributed by atoms with Crippen LogP contribution in [0.3, 0.4) is 0 Å². The van der Waals surface area contributed by atoms with Gasteiger partial charge in [-0.3, -0.25) is 4.79 Å². The lowest BCUT2D eigenvalue weighted by Crippen LogP contribution is -2.14. The Morgan fingerprint density at radius 1 is 0.906 bits per heavy atom. The first kappa shape index (κ1) is 20.0. The zero-order chi connectivity index (χ0) is 22.1.